The highest BCUT2D eigenvalue weighted by molar-refractivity contribution is 5.94. The van der Waals surface area contributed by atoms with Crippen molar-refractivity contribution in [2.75, 3.05) is 37.7 Å². The third-order valence-corrected chi connectivity index (χ3v) is 5.93. The normalized spacial score (nSPS) is 20.1. The Balaban J connectivity index is 1.30. The van der Waals surface area contributed by atoms with Gasteiger partial charge in [0, 0.05) is 51.1 Å². The first kappa shape index (κ1) is 18.1. The molecule has 2 aromatic heterocycles. The maximum Gasteiger partial charge on any atom is 0.289 e. The van der Waals surface area contributed by atoms with Crippen LogP contribution in [0.25, 0.3) is 11.0 Å². The monoisotopic (exact) mass is 392 g/mol. The fourth-order valence-electron chi connectivity index (χ4n) is 4.30. The van der Waals surface area contributed by atoms with Gasteiger partial charge in [-0.05, 0) is 30.9 Å². The molecule has 29 heavy (non-hydrogen) atoms. The standard InChI is InChI=1S/C21H24N6O2/c28-13-14-4-3-9-26(10-14)20-18(22-7-8-23-20)15-11-27(12-15)21(29)19-24-16-5-1-2-6-17(16)25-19/h1-2,5-8,14-15,28H,3-4,9-13H2,(H,24,25)/t14-/m1/s1. The minimum atomic E-state index is -0.0822. The summed E-state index contributed by atoms with van der Waals surface area (Å²) in [7, 11) is 0. The molecule has 0 aliphatic carbocycles. The van der Waals surface area contributed by atoms with E-state index in [2.05, 4.69) is 24.8 Å². The molecular weight excluding hydrogens is 368 g/mol. The third-order valence-electron chi connectivity index (χ3n) is 5.93. The number of fused-ring (bicyclic) bond motifs is 1. The second-order valence-corrected chi connectivity index (χ2v) is 7.91. The Morgan fingerprint density at radius 2 is 2.00 bits per heavy atom. The predicted molar refractivity (Wildman–Crippen MR) is 109 cm³/mol. The fourth-order valence-corrected chi connectivity index (χ4v) is 4.30. The number of nitrogens with one attached hydrogen (secondary N) is 1. The number of para-hydroxylation sites is 2. The zero-order valence-corrected chi connectivity index (χ0v) is 16.2. The fraction of sp³-hybridized carbons (Fsp3) is 0.429. The van der Waals surface area contributed by atoms with Gasteiger partial charge in [0.2, 0.25) is 0 Å². The first-order valence-corrected chi connectivity index (χ1v) is 10.1. The van der Waals surface area contributed by atoms with Crippen molar-refractivity contribution in [3.05, 3.63) is 48.2 Å². The van der Waals surface area contributed by atoms with E-state index in [9.17, 15) is 9.90 Å². The van der Waals surface area contributed by atoms with Gasteiger partial charge in [-0.15, -0.1) is 0 Å². The van der Waals surface area contributed by atoms with Gasteiger partial charge in [-0.2, -0.15) is 0 Å². The van der Waals surface area contributed by atoms with Crippen molar-refractivity contribution in [2.45, 2.75) is 18.8 Å². The number of aliphatic hydroxyl groups excluding tert-OH is 1. The summed E-state index contributed by atoms with van der Waals surface area (Å²) in [4.78, 5) is 33.5. The van der Waals surface area contributed by atoms with E-state index in [0.29, 0.717) is 18.9 Å². The number of benzene rings is 1. The summed E-state index contributed by atoms with van der Waals surface area (Å²) in [6.07, 6.45) is 5.53. The zero-order valence-electron chi connectivity index (χ0n) is 16.2. The summed E-state index contributed by atoms with van der Waals surface area (Å²) < 4.78 is 0. The molecule has 2 N–H and O–H groups in total. The van der Waals surface area contributed by atoms with Gasteiger partial charge in [-0.3, -0.25) is 9.78 Å². The number of aromatic amines is 1. The maximum atomic E-state index is 12.8. The van der Waals surface area contributed by atoms with Crippen molar-refractivity contribution in [1.82, 2.24) is 24.8 Å². The van der Waals surface area contributed by atoms with Gasteiger partial charge in [0.25, 0.3) is 5.91 Å². The molecule has 1 aromatic carbocycles. The van der Waals surface area contributed by atoms with E-state index in [-0.39, 0.29) is 24.3 Å². The number of carbonyl (C=O) groups excluding carboxylic acids is 1. The van der Waals surface area contributed by atoms with Crippen LogP contribution in [-0.4, -0.2) is 68.6 Å². The van der Waals surface area contributed by atoms with Crippen LogP contribution in [0.4, 0.5) is 5.82 Å². The van der Waals surface area contributed by atoms with E-state index in [1.807, 2.05) is 24.3 Å². The molecule has 0 saturated carbocycles. The number of hydrogen-bond acceptors (Lipinski definition) is 6. The smallest absolute Gasteiger partial charge is 0.289 e. The van der Waals surface area contributed by atoms with Crippen LogP contribution in [0.5, 0.6) is 0 Å². The Morgan fingerprint density at radius 1 is 1.17 bits per heavy atom. The third kappa shape index (κ3) is 3.33. The number of nitrogens with zero attached hydrogens (tertiary/aromatic N) is 5. The molecule has 5 rings (SSSR count). The number of aromatic nitrogens is 4. The molecule has 0 unspecified atom stereocenters. The summed E-state index contributed by atoms with van der Waals surface area (Å²) in [6.45, 7) is 3.15. The number of anilines is 1. The van der Waals surface area contributed by atoms with Crippen molar-refractivity contribution < 1.29 is 9.90 Å². The highest BCUT2D eigenvalue weighted by Gasteiger charge is 2.37. The van der Waals surface area contributed by atoms with Crippen LogP contribution in [0.2, 0.25) is 0 Å². The second-order valence-electron chi connectivity index (χ2n) is 7.91. The van der Waals surface area contributed by atoms with Crippen LogP contribution in [0.15, 0.2) is 36.7 Å². The minimum Gasteiger partial charge on any atom is -0.396 e. The molecule has 1 atom stereocenters. The number of hydrogen-bond donors (Lipinski definition) is 2. The topological polar surface area (TPSA) is 98.2 Å². The number of rotatable bonds is 4. The highest BCUT2D eigenvalue weighted by Crippen LogP contribution is 2.33. The Morgan fingerprint density at radius 3 is 2.83 bits per heavy atom. The van der Waals surface area contributed by atoms with E-state index in [1.165, 1.54) is 0 Å². The van der Waals surface area contributed by atoms with E-state index >= 15 is 0 Å². The maximum absolute atomic E-state index is 12.8. The number of amides is 1. The molecule has 8 heteroatoms. The lowest BCUT2D eigenvalue weighted by atomic mass is 9.94. The average Bonchev–Trinajstić information content (AvgIpc) is 3.17. The van der Waals surface area contributed by atoms with Crippen LogP contribution in [0.3, 0.4) is 0 Å². The van der Waals surface area contributed by atoms with E-state index in [0.717, 1.165) is 48.5 Å². The Hall–Kier alpha value is -3.00. The Labute approximate surface area is 168 Å². The first-order valence-electron chi connectivity index (χ1n) is 10.1. The lowest BCUT2D eigenvalue weighted by molar-refractivity contribution is 0.0587. The van der Waals surface area contributed by atoms with Gasteiger partial charge < -0.3 is 19.9 Å². The first-order chi connectivity index (χ1) is 14.2. The van der Waals surface area contributed by atoms with Gasteiger partial charge >= 0.3 is 0 Å². The van der Waals surface area contributed by atoms with Crippen LogP contribution in [0, 0.1) is 5.92 Å². The minimum absolute atomic E-state index is 0.0822. The Kier molecular flexibility index (Phi) is 4.63. The molecule has 0 bridgehead atoms. The van der Waals surface area contributed by atoms with Crippen LogP contribution in [-0.2, 0) is 0 Å². The van der Waals surface area contributed by atoms with Gasteiger partial charge in [0.1, 0.15) is 0 Å². The molecule has 2 aliphatic rings. The number of imidazole rings is 1. The molecule has 3 aromatic rings. The summed E-state index contributed by atoms with van der Waals surface area (Å²) in [6, 6.07) is 7.65. The quantitative estimate of drug-likeness (QED) is 0.703. The predicted octanol–water partition coefficient (Wildman–Crippen LogP) is 1.80. The molecule has 1 amide bonds. The molecule has 150 valence electrons. The number of H-pyrrole nitrogens is 1. The van der Waals surface area contributed by atoms with Gasteiger partial charge in [0.05, 0.1) is 16.7 Å². The van der Waals surface area contributed by atoms with Crippen molar-refractivity contribution >= 4 is 22.8 Å². The largest absolute Gasteiger partial charge is 0.396 e. The van der Waals surface area contributed by atoms with E-state index < -0.39 is 0 Å². The van der Waals surface area contributed by atoms with Gasteiger partial charge in [-0.25, -0.2) is 9.97 Å². The zero-order chi connectivity index (χ0) is 19.8. The van der Waals surface area contributed by atoms with E-state index in [1.54, 1.807) is 17.3 Å². The SMILES string of the molecule is O=C(c1nc2ccccc2[nH]1)N1CC(c2nccnc2N2CCC[C@@H](CO)C2)C1. The second kappa shape index (κ2) is 7.44. The lowest BCUT2D eigenvalue weighted by Gasteiger charge is -2.40. The summed E-state index contributed by atoms with van der Waals surface area (Å²) in [5.74, 6) is 1.64. The molecule has 2 saturated heterocycles. The number of piperidine rings is 1. The summed E-state index contributed by atoms with van der Waals surface area (Å²) in [5, 5.41) is 9.53. The van der Waals surface area contributed by atoms with Gasteiger partial charge in [-0.1, -0.05) is 12.1 Å². The molecule has 2 aliphatic heterocycles. The average molecular weight is 392 g/mol. The molecule has 2 fully saturated rings. The molecule has 4 heterocycles. The van der Waals surface area contributed by atoms with Crippen molar-refractivity contribution in [2.24, 2.45) is 5.92 Å². The molecule has 0 spiro atoms. The van der Waals surface area contributed by atoms with Crippen LogP contribution >= 0.6 is 0 Å². The summed E-state index contributed by atoms with van der Waals surface area (Å²) >= 11 is 0. The molecule has 0 radical (unpaired) electrons. The number of carbonyl (C=O) groups is 1. The highest BCUT2D eigenvalue weighted by atomic mass is 16.3. The molecular formula is C21H24N6O2. The molecule has 8 nitrogen and oxygen atoms in total. The van der Waals surface area contributed by atoms with Crippen LogP contribution in [0.1, 0.15) is 35.1 Å². The number of likely N-dealkylation sites (tertiary alicyclic amines) is 1. The van der Waals surface area contributed by atoms with Gasteiger partial charge in [0.15, 0.2) is 11.6 Å². The Bertz CT molecular complexity index is 996. The van der Waals surface area contributed by atoms with Crippen molar-refractivity contribution in [3.8, 4) is 0 Å². The number of aliphatic hydroxyl groups is 1. The van der Waals surface area contributed by atoms with Crippen molar-refractivity contribution in [1.29, 1.82) is 0 Å². The summed E-state index contributed by atoms with van der Waals surface area (Å²) in [5.41, 5.74) is 2.61. The van der Waals surface area contributed by atoms with Crippen molar-refractivity contribution in [3.63, 3.8) is 0 Å². The van der Waals surface area contributed by atoms with E-state index in [4.69, 9.17) is 0 Å². The van der Waals surface area contributed by atoms with Crippen LogP contribution < -0.4 is 4.90 Å². The lowest BCUT2D eigenvalue weighted by Crippen LogP contribution is -2.49.